The number of anilines is 1. The Kier molecular flexibility index (Phi) is 5.36. The fourth-order valence-corrected chi connectivity index (χ4v) is 4.19. The first kappa shape index (κ1) is 19.8. The highest BCUT2D eigenvalue weighted by Gasteiger charge is 2.25. The number of amides is 2. The van der Waals surface area contributed by atoms with Gasteiger partial charge in [-0.05, 0) is 12.1 Å². The summed E-state index contributed by atoms with van der Waals surface area (Å²) >= 11 is 1.50. The zero-order valence-corrected chi connectivity index (χ0v) is 17.1. The molecule has 1 aliphatic heterocycles. The number of nitro groups is 1. The average molecular weight is 428 g/mol. The van der Waals surface area contributed by atoms with Crippen LogP contribution in [-0.4, -0.2) is 57.2 Å². The van der Waals surface area contributed by atoms with Gasteiger partial charge in [0, 0.05) is 62.5 Å². The molecule has 1 fully saturated rings. The van der Waals surface area contributed by atoms with E-state index in [1.165, 1.54) is 24.3 Å². The molecule has 1 aromatic carbocycles. The van der Waals surface area contributed by atoms with Gasteiger partial charge in [-0.3, -0.25) is 24.1 Å². The molecular weight excluding hydrogens is 408 g/mol. The number of hydrogen-bond acceptors (Lipinski definition) is 7. The van der Waals surface area contributed by atoms with Crippen molar-refractivity contribution in [3.63, 3.8) is 0 Å². The summed E-state index contributed by atoms with van der Waals surface area (Å²) < 4.78 is 1.87. The van der Waals surface area contributed by atoms with Crippen molar-refractivity contribution in [2.75, 3.05) is 31.1 Å². The van der Waals surface area contributed by atoms with Crippen LogP contribution in [-0.2, 0) is 11.3 Å². The van der Waals surface area contributed by atoms with E-state index in [9.17, 15) is 19.7 Å². The van der Waals surface area contributed by atoms with Crippen LogP contribution in [0.25, 0.3) is 4.96 Å². The van der Waals surface area contributed by atoms with Crippen molar-refractivity contribution in [3.05, 3.63) is 57.3 Å². The molecule has 0 saturated carbocycles. The van der Waals surface area contributed by atoms with E-state index in [0.29, 0.717) is 37.6 Å². The molecule has 30 heavy (non-hydrogen) atoms. The molecule has 0 spiro atoms. The molecule has 3 heterocycles. The van der Waals surface area contributed by atoms with Gasteiger partial charge >= 0.3 is 0 Å². The number of piperazine rings is 1. The van der Waals surface area contributed by atoms with E-state index >= 15 is 0 Å². The molecule has 0 radical (unpaired) electrons. The van der Waals surface area contributed by atoms with E-state index < -0.39 is 10.8 Å². The summed E-state index contributed by atoms with van der Waals surface area (Å²) in [5.41, 5.74) is 1.26. The van der Waals surface area contributed by atoms with Crippen molar-refractivity contribution >= 4 is 39.5 Å². The molecule has 3 aromatic rings. The van der Waals surface area contributed by atoms with Gasteiger partial charge in [0.15, 0.2) is 4.96 Å². The van der Waals surface area contributed by atoms with Crippen molar-refractivity contribution in [1.82, 2.24) is 19.6 Å². The number of thiazole rings is 1. The van der Waals surface area contributed by atoms with Crippen LogP contribution < -0.4 is 10.2 Å². The van der Waals surface area contributed by atoms with Crippen molar-refractivity contribution in [1.29, 1.82) is 0 Å². The number of aromatic nitrogens is 2. The van der Waals surface area contributed by atoms with E-state index in [1.807, 2.05) is 27.1 Å². The molecule has 156 valence electrons. The topological polar surface area (TPSA) is 113 Å². The maximum atomic E-state index is 12.5. The van der Waals surface area contributed by atoms with E-state index in [1.54, 1.807) is 17.0 Å². The van der Waals surface area contributed by atoms with E-state index in [-0.39, 0.29) is 23.7 Å². The Bertz CT molecular complexity index is 1090. The first-order chi connectivity index (χ1) is 14.4. The quantitative estimate of drug-likeness (QED) is 0.491. The lowest BCUT2D eigenvalue weighted by molar-refractivity contribution is -0.384. The number of nitrogens with one attached hydrogen (secondary N) is 1. The maximum absolute atomic E-state index is 12.5. The Morgan fingerprint density at radius 3 is 2.70 bits per heavy atom. The minimum Gasteiger partial charge on any atom is -0.362 e. The Balaban J connectivity index is 1.46. The van der Waals surface area contributed by atoms with Gasteiger partial charge in [0.2, 0.25) is 5.91 Å². The van der Waals surface area contributed by atoms with Crippen LogP contribution >= 0.6 is 11.3 Å². The number of rotatable bonds is 5. The first-order valence-corrected chi connectivity index (χ1v) is 10.3. The largest absolute Gasteiger partial charge is 0.362 e. The molecule has 10 nitrogen and oxygen atoms in total. The summed E-state index contributed by atoms with van der Waals surface area (Å²) in [4.78, 5) is 44.0. The number of benzene rings is 1. The second kappa shape index (κ2) is 8.11. The van der Waals surface area contributed by atoms with Crippen molar-refractivity contribution in [2.45, 2.75) is 13.5 Å². The Morgan fingerprint density at radius 2 is 2.03 bits per heavy atom. The van der Waals surface area contributed by atoms with E-state index in [2.05, 4.69) is 10.3 Å². The number of nitro benzene ring substituents is 1. The zero-order chi connectivity index (χ0) is 21.3. The molecule has 0 aliphatic carbocycles. The molecule has 2 aromatic heterocycles. The number of carbonyl (C=O) groups is 2. The highest BCUT2D eigenvalue weighted by Crippen LogP contribution is 2.30. The summed E-state index contributed by atoms with van der Waals surface area (Å²) in [6.45, 7) is 3.77. The highest BCUT2D eigenvalue weighted by atomic mass is 32.1. The number of nitrogens with zero attached hydrogens (tertiary/aromatic N) is 5. The van der Waals surface area contributed by atoms with Gasteiger partial charge in [0.25, 0.3) is 11.6 Å². The lowest BCUT2D eigenvalue weighted by Crippen LogP contribution is -2.48. The van der Waals surface area contributed by atoms with Gasteiger partial charge < -0.3 is 15.1 Å². The molecule has 1 aliphatic rings. The number of carbonyl (C=O) groups excluding carboxylic acids is 2. The Hall–Kier alpha value is -3.47. The van der Waals surface area contributed by atoms with Crippen LogP contribution in [0.5, 0.6) is 0 Å². The van der Waals surface area contributed by atoms with Crippen LogP contribution in [0.1, 0.15) is 23.0 Å². The third-order valence-electron chi connectivity index (χ3n) is 5.07. The Labute approximate surface area is 175 Å². The van der Waals surface area contributed by atoms with Crippen molar-refractivity contribution < 1.29 is 14.5 Å². The molecule has 0 unspecified atom stereocenters. The lowest BCUT2D eigenvalue weighted by atomic mass is 10.1. The van der Waals surface area contributed by atoms with Crippen LogP contribution in [0, 0.1) is 10.1 Å². The molecule has 11 heteroatoms. The van der Waals surface area contributed by atoms with Gasteiger partial charge in [-0.15, -0.1) is 11.3 Å². The summed E-state index contributed by atoms with van der Waals surface area (Å²) in [5.74, 6) is -0.406. The second-order valence-electron chi connectivity index (χ2n) is 6.96. The van der Waals surface area contributed by atoms with Gasteiger partial charge in [0.1, 0.15) is 5.69 Å². The first-order valence-electron chi connectivity index (χ1n) is 9.40. The third kappa shape index (κ3) is 3.96. The van der Waals surface area contributed by atoms with Gasteiger partial charge in [0.05, 0.1) is 17.2 Å². The molecule has 4 rings (SSSR count). The second-order valence-corrected chi connectivity index (χ2v) is 7.83. The predicted molar refractivity (Wildman–Crippen MR) is 112 cm³/mol. The molecule has 1 saturated heterocycles. The normalized spacial score (nSPS) is 14.2. The Morgan fingerprint density at radius 1 is 1.27 bits per heavy atom. The molecule has 0 bridgehead atoms. The summed E-state index contributed by atoms with van der Waals surface area (Å²) in [6.07, 6.45) is 3.72. The van der Waals surface area contributed by atoms with Crippen molar-refractivity contribution in [2.24, 2.45) is 0 Å². The molecule has 2 amide bonds. The highest BCUT2D eigenvalue weighted by molar-refractivity contribution is 7.15. The summed E-state index contributed by atoms with van der Waals surface area (Å²) in [5, 5.41) is 16.3. The monoisotopic (exact) mass is 428 g/mol. The number of fused-ring (bicyclic) bond motifs is 1. The minimum absolute atomic E-state index is 0.00581. The van der Waals surface area contributed by atoms with Crippen LogP contribution in [0.15, 0.2) is 36.0 Å². The van der Waals surface area contributed by atoms with E-state index in [0.717, 1.165) is 4.96 Å². The number of imidazole rings is 1. The predicted octanol–water partition coefficient (Wildman–Crippen LogP) is 1.90. The standard InChI is InChI=1S/C19H20N6O4S/c1-13(26)22-4-6-23(7-5-22)16-3-2-14(10-17(16)25(28)29)18(27)20-11-15-12-24-8-9-30-19(24)21-15/h2-3,8-10,12H,4-7,11H2,1H3,(H,20,27). The fraction of sp³-hybridized carbons (Fsp3) is 0.316. The van der Waals surface area contributed by atoms with Crippen LogP contribution in [0.3, 0.4) is 0 Å². The molecule has 0 atom stereocenters. The molecule has 1 N–H and O–H groups in total. The zero-order valence-electron chi connectivity index (χ0n) is 16.3. The van der Waals surface area contributed by atoms with E-state index in [4.69, 9.17) is 0 Å². The SMILES string of the molecule is CC(=O)N1CCN(c2ccc(C(=O)NCc3cn4ccsc4n3)cc2[N+](=O)[O-])CC1. The fourth-order valence-electron chi connectivity index (χ4n) is 3.47. The summed E-state index contributed by atoms with van der Waals surface area (Å²) in [7, 11) is 0. The average Bonchev–Trinajstić information content (AvgIpc) is 3.33. The van der Waals surface area contributed by atoms with Gasteiger partial charge in [-0.1, -0.05) is 0 Å². The minimum atomic E-state index is -0.479. The third-order valence-corrected chi connectivity index (χ3v) is 5.84. The van der Waals surface area contributed by atoms with Crippen LogP contribution in [0.2, 0.25) is 0 Å². The number of hydrogen-bond donors (Lipinski definition) is 1. The van der Waals surface area contributed by atoms with Gasteiger partial charge in [-0.25, -0.2) is 4.98 Å². The molecular formula is C19H20N6O4S. The maximum Gasteiger partial charge on any atom is 0.293 e. The smallest absolute Gasteiger partial charge is 0.293 e. The summed E-state index contributed by atoms with van der Waals surface area (Å²) in [6, 6.07) is 4.48. The van der Waals surface area contributed by atoms with Gasteiger partial charge in [-0.2, -0.15) is 0 Å². The van der Waals surface area contributed by atoms with Crippen LogP contribution in [0.4, 0.5) is 11.4 Å². The van der Waals surface area contributed by atoms with Crippen molar-refractivity contribution in [3.8, 4) is 0 Å². The lowest BCUT2D eigenvalue weighted by Gasteiger charge is -2.35.